The number of anilines is 1. The molecule has 0 saturated heterocycles. The highest BCUT2D eigenvalue weighted by molar-refractivity contribution is 5.45. The molecule has 1 aromatic rings. The fraction of sp³-hybridized carbons (Fsp3) is 0.692. The van der Waals surface area contributed by atoms with Crippen molar-refractivity contribution in [3.63, 3.8) is 0 Å². The Hall–Kier alpha value is -1.20. The summed E-state index contributed by atoms with van der Waals surface area (Å²) in [5.41, 5.74) is 6.83. The van der Waals surface area contributed by atoms with Crippen LogP contribution in [0, 0.1) is 5.92 Å². The van der Waals surface area contributed by atoms with Crippen molar-refractivity contribution in [2.24, 2.45) is 11.7 Å². The standard InChI is InChI=1S/C13H25N5/c1-11(2)10-18(8-7-17(3)4)13-12(9-14)5-6-15-16-13/h5-6,11H,7-10,14H2,1-4H3. The van der Waals surface area contributed by atoms with Crippen LogP contribution in [0.15, 0.2) is 12.3 Å². The zero-order chi connectivity index (χ0) is 13.5. The molecule has 1 heterocycles. The predicted octanol–water partition coefficient (Wildman–Crippen LogP) is 0.959. The number of aromatic nitrogens is 2. The second-order valence-corrected chi connectivity index (χ2v) is 5.23. The van der Waals surface area contributed by atoms with Crippen molar-refractivity contribution in [1.82, 2.24) is 15.1 Å². The van der Waals surface area contributed by atoms with E-state index in [2.05, 4.69) is 47.9 Å². The summed E-state index contributed by atoms with van der Waals surface area (Å²) < 4.78 is 0. The Morgan fingerprint density at radius 1 is 1.28 bits per heavy atom. The van der Waals surface area contributed by atoms with Gasteiger partial charge in [-0.2, -0.15) is 5.10 Å². The molecule has 18 heavy (non-hydrogen) atoms. The van der Waals surface area contributed by atoms with E-state index in [-0.39, 0.29) is 0 Å². The normalized spacial score (nSPS) is 11.3. The van der Waals surface area contributed by atoms with Gasteiger partial charge in [-0.1, -0.05) is 13.8 Å². The summed E-state index contributed by atoms with van der Waals surface area (Å²) >= 11 is 0. The number of rotatable bonds is 7. The topological polar surface area (TPSA) is 58.3 Å². The van der Waals surface area contributed by atoms with Gasteiger partial charge in [-0.05, 0) is 26.1 Å². The zero-order valence-electron chi connectivity index (χ0n) is 11.9. The van der Waals surface area contributed by atoms with Crippen LogP contribution in [0.1, 0.15) is 19.4 Å². The molecule has 0 saturated carbocycles. The minimum Gasteiger partial charge on any atom is -0.353 e. The predicted molar refractivity (Wildman–Crippen MR) is 75.5 cm³/mol. The Labute approximate surface area is 110 Å². The molecule has 1 aromatic heterocycles. The van der Waals surface area contributed by atoms with Crippen molar-refractivity contribution in [3.05, 3.63) is 17.8 Å². The number of likely N-dealkylation sites (N-methyl/N-ethyl adjacent to an activating group) is 1. The molecule has 2 N–H and O–H groups in total. The molecule has 0 aliphatic heterocycles. The van der Waals surface area contributed by atoms with Gasteiger partial charge in [-0.3, -0.25) is 0 Å². The fourth-order valence-corrected chi connectivity index (χ4v) is 1.82. The molecule has 1 rings (SSSR count). The average molecular weight is 251 g/mol. The van der Waals surface area contributed by atoms with Gasteiger partial charge in [0.05, 0.1) is 6.20 Å². The summed E-state index contributed by atoms with van der Waals surface area (Å²) in [4.78, 5) is 4.45. The van der Waals surface area contributed by atoms with Gasteiger partial charge in [0.15, 0.2) is 5.82 Å². The molecule has 102 valence electrons. The lowest BCUT2D eigenvalue weighted by atomic mass is 10.2. The monoisotopic (exact) mass is 251 g/mol. The minimum absolute atomic E-state index is 0.501. The van der Waals surface area contributed by atoms with Crippen LogP contribution in [-0.4, -0.2) is 48.8 Å². The zero-order valence-corrected chi connectivity index (χ0v) is 11.9. The van der Waals surface area contributed by atoms with Crippen LogP contribution in [0.3, 0.4) is 0 Å². The lowest BCUT2D eigenvalue weighted by Gasteiger charge is -2.28. The molecule has 0 bridgehead atoms. The molecule has 0 atom stereocenters. The molecule has 0 fully saturated rings. The van der Waals surface area contributed by atoms with E-state index < -0.39 is 0 Å². The number of nitrogens with two attached hydrogens (primary N) is 1. The molecule has 0 unspecified atom stereocenters. The molecule has 0 spiro atoms. The van der Waals surface area contributed by atoms with Crippen LogP contribution in [0.2, 0.25) is 0 Å². The smallest absolute Gasteiger partial charge is 0.155 e. The molecule has 0 aliphatic carbocycles. The van der Waals surface area contributed by atoms with Gasteiger partial charge < -0.3 is 15.5 Å². The quantitative estimate of drug-likeness (QED) is 0.782. The van der Waals surface area contributed by atoms with E-state index >= 15 is 0 Å². The van der Waals surface area contributed by atoms with Crippen LogP contribution in [0.4, 0.5) is 5.82 Å². The maximum absolute atomic E-state index is 5.77. The Kier molecular flexibility index (Phi) is 6.01. The van der Waals surface area contributed by atoms with Gasteiger partial charge in [-0.25, -0.2) is 0 Å². The van der Waals surface area contributed by atoms with E-state index in [0.717, 1.165) is 31.0 Å². The molecule has 0 aromatic carbocycles. The van der Waals surface area contributed by atoms with Crippen molar-refractivity contribution in [2.45, 2.75) is 20.4 Å². The highest BCUT2D eigenvalue weighted by Crippen LogP contribution is 2.16. The van der Waals surface area contributed by atoms with Crippen molar-refractivity contribution < 1.29 is 0 Å². The second kappa shape index (κ2) is 7.28. The van der Waals surface area contributed by atoms with Crippen LogP contribution < -0.4 is 10.6 Å². The molecular weight excluding hydrogens is 226 g/mol. The second-order valence-electron chi connectivity index (χ2n) is 5.23. The first-order valence-corrected chi connectivity index (χ1v) is 6.45. The Bertz CT molecular complexity index is 351. The summed E-state index contributed by atoms with van der Waals surface area (Å²) in [7, 11) is 4.15. The molecular formula is C13H25N5. The van der Waals surface area contributed by atoms with Gasteiger partial charge >= 0.3 is 0 Å². The van der Waals surface area contributed by atoms with E-state index in [0.29, 0.717) is 12.5 Å². The van der Waals surface area contributed by atoms with Crippen LogP contribution in [-0.2, 0) is 6.54 Å². The van der Waals surface area contributed by atoms with Crippen LogP contribution in [0.25, 0.3) is 0 Å². The first kappa shape index (κ1) is 14.9. The number of hydrogen-bond acceptors (Lipinski definition) is 5. The third-order valence-corrected chi connectivity index (χ3v) is 2.70. The first-order chi connectivity index (χ1) is 8.54. The molecule has 0 amide bonds. The van der Waals surface area contributed by atoms with E-state index in [4.69, 9.17) is 5.73 Å². The highest BCUT2D eigenvalue weighted by Gasteiger charge is 2.14. The van der Waals surface area contributed by atoms with E-state index in [1.54, 1.807) is 6.20 Å². The number of hydrogen-bond donors (Lipinski definition) is 1. The maximum Gasteiger partial charge on any atom is 0.155 e. The summed E-state index contributed by atoms with van der Waals surface area (Å²) in [6.07, 6.45) is 1.70. The summed E-state index contributed by atoms with van der Waals surface area (Å²) in [5.74, 6) is 1.51. The largest absolute Gasteiger partial charge is 0.353 e. The van der Waals surface area contributed by atoms with Crippen molar-refractivity contribution >= 4 is 5.82 Å². The van der Waals surface area contributed by atoms with Gasteiger partial charge in [0.25, 0.3) is 0 Å². The van der Waals surface area contributed by atoms with Gasteiger partial charge in [0.1, 0.15) is 0 Å². The van der Waals surface area contributed by atoms with E-state index in [1.807, 2.05) is 6.07 Å². The molecule has 5 heteroatoms. The first-order valence-electron chi connectivity index (χ1n) is 6.45. The third kappa shape index (κ3) is 4.58. The lowest BCUT2D eigenvalue weighted by molar-refractivity contribution is 0.408. The average Bonchev–Trinajstić information content (AvgIpc) is 2.33. The van der Waals surface area contributed by atoms with E-state index in [1.165, 1.54) is 0 Å². The van der Waals surface area contributed by atoms with Gasteiger partial charge in [0.2, 0.25) is 0 Å². The van der Waals surface area contributed by atoms with Gasteiger partial charge in [-0.15, -0.1) is 5.10 Å². The lowest BCUT2D eigenvalue weighted by Crippen LogP contribution is -2.36. The highest BCUT2D eigenvalue weighted by atomic mass is 15.3. The summed E-state index contributed by atoms with van der Waals surface area (Å²) in [6.45, 7) is 7.83. The molecule has 0 aliphatic rings. The van der Waals surface area contributed by atoms with Crippen LogP contribution >= 0.6 is 0 Å². The van der Waals surface area contributed by atoms with Gasteiger partial charge in [0, 0.05) is 31.7 Å². The Morgan fingerprint density at radius 3 is 2.56 bits per heavy atom. The Morgan fingerprint density at radius 2 is 2.00 bits per heavy atom. The third-order valence-electron chi connectivity index (χ3n) is 2.70. The SMILES string of the molecule is CC(C)CN(CCN(C)C)c1nnccc1CN. The van der Waals surface area contributed by atoms with Crippen molar-refractivity contribution in [3.8, 4) is 0 Å². The van der Waals surface area contributed by atoms with Crippen molar-refractivity contribution in [2.75, 3.05) is 38.6 Å². The molecule has 0 radical (unpaired) electrons. The molecule has 5 nitrogen and oxygen atoms in total. The fourth-order valence-electron chi connectivity index (χ4n) is 1.82. The minimum atomic E-state index is 0.501. The summed E-state index contributed by atoms with van der Waals surface area (Å²) in [5, 5.41) is 8.25. The van der Waals surface area contributed by atoms with Crippen LogP contribution in [0.5, 0.6) is 0 Å². The Balaban J connectivity index is 2.86. The summed E-state index contributed by atoms with van der Waals surface area (Å²) in [6, 6.07) is 1.95. The van der Waals surface area contributed by atoms with E-state index in [9.17, 15) is 0 Å². The van der Waals surface area contributed by atoms with Crippen molar-refractivity contribution in [1.29, 1.82) is 0 Å². The number of nitrogens with zero attached hydrogens (tertiary/aromatic N) is 4. The maximum atomic E-state index is 5.77.